The van der Waals surface area contributed by atoms with Crippen molar-refractivity contribution in [1.82, 2.24) is 4.98 Å². The van der Waals surface area contributed by atoms with Crippen molar-refractivity contribution in [3.8, 4) is 11.5 Å². The molecule has 1 atom stereocenters. The van der Waals surface area contributed by atoms with Gasteiger partial charge in [-0.2, -0.15) is 0 Å². The second-order valence-electron chi connectivity index (χ2n) is 5.55. The molecule has 3 N–H and O–H groups in total. The van der Waals surface area contributed by atoms with Crippen molar-refractivity contribution in [2.75, 3.05) is 6.61 Å². The van der Waals surface area contributed by atoms with E-state index in [1.54, 1.807) is 6.20 Å². The Kier molecular flexibility index (Phi) is 8.66. The van der Waals surface area contributed by atoms with E-state index in [1.807, 2.05) is 54.6 Å². The second-order valence-corrected chi connectivity index (χ2v) is 5.55. The molecule has 1 aromatic heterocycles. The molecule has 6 heteroatoms. The van der Waals surface area contributed by atoms with Crippen molar-refractivity contribution in [3.63, 3.8) is 0 Å². The maximum atomic E-state index is 8.96. The number of pyridine rings is 1. The van der Waals surface area contributed by atoms with Gasteiger partial charge < -0.3 is 15.6 Å². The van der Waals surface area contributed by atoms with E-state index >= 15 is 0 Å². The van der Waals surface area contributed by atoms with Gasteiger partial charge in [0.05, 0.1) is 12.1 Å². The number of halogens is 2. The normalized spacial score (nSPS) is 11.3. The quantitative estimate of drug-likeness (QED) is 0.674. The smallest absolute Gasteiger partial charge is 0.138 e. The molecule has 0 saturated heterocycles. The van der Waals surface area contributed by atoms with Crippen molar-refractivity contribution in [3.05, 3.63) is 66.4 Å². The first-order chi connectivity index (χ1) is 11.3. The molecule has 0 radical (unpaired) electrons. The maximum Gasteiger partial charge on any atom is 0.138 e. The SMILES string of the molecule is Cl.Cl.N[C@H](CO)CCc1ccc(Oc2ccnc3ccccc23)cc1. The Balaban J connectivity index is 0.00000156. The standard InChI is InChI=1S/C19H20N2O2.2ClH/c20-15(13-22)8-5-14-6-9-16(10-7-14)23-19-11-12-21-18-4-2-1-3-17(18)19;;/h1-4,6-7,9-12,15,22H,5,8,13,20H2;2*1H/t15-;;/m0../s1. The number of aryl methyl sites for hydroxylation is 1. The molecule has 4 nitrogen and oxygen atoms in total. The van der Waals surface area contributed by atoms with E-state index in [9.17, 15) is 0 Å². The van der Waals surface area contributed by atoms with Crippen LogP contribution in [0.3, 0.4) is 0 Å². The topological polar surface area (TPSA) is 68.4 Å². The summed E-state index contributed by atoms with van der Waals surface area (Å²) in [4.78, 5) is 4.33. The number of hydrogen-bond acceptors (Lipinski definition) is 4. The van der Waals surface area contributed by atoms with Crippen LogP contribution in [0.1, 0.15) is 12.0 Å². The Morgan fingerprint density at radius 2 is 1.72 bits per heavy atom. The monoisotopic (exact) mass is 380 g/mol. The summed E-state index contributed by atoms with van der Waals surface area (Å²) >= 11 is 0. The first kappa shape index (κ1) is 21.2. The molecular formula is C19H22Cl2N2O2. The molecule has 0 aliphatic heterocycles. The zero-order valence-electron chi connectivity index (χ0n) is 13.7. The number of benzene rings is 2. The lowest BCUT2D eigenvalue weighted by molar-refractivity contribution is 0.260. The lowest BCUT2D eigenvalue weighted by atomic mass is 10.1. The van der Waals surface area contributed by atoms with Crippen LogP contribution in [0, 0.1) is 0 Å². The van der Waals surface area contributed by atoms with E-state index in [2.05, 4.69) is 4.98 Å². The number of ether oxygens (including phenoxy) is 1. The summed E-state index contributed by atoms with van der Waals surface area (Å²) in [7, 11) is 0. The van der Waals surface area contributed by atoms with E-state index in [0.717, 1.165) is 35.2 Å². The van der Waals surface area contributed by atoms with Crippen LogP contribution in [0.2, 0.25) is 0 Å². The number of aliphatic hydroxyl groups excluding tert-OH is 1. The highest BCUT2D eigenvalue weighted by Crippen LogP contribution is 2.28. The zero-order chi connectivity index (χ0) is 16.1. The number of nitrogens with zero attached hydrogens (tertiary/aromatic N) is 1. The number of fused-ring (bicyclic) bond motifs is 1. The van der Waals surface area contributed by atoms with Gasteiger partial charge in [-0.15, -0.1) is 24.8 Å². The van der Waals surface area contributed by atoms with Gasteiger partial charge in [-0.25, -0.2) is 0 Å². The van der Waals surface area contributed by atoms with E-state index in [1.165, 1.54) is 5.56 Å². The van der Waals surface area contributed by atoms with Crippen LogP contribution in [-0.4, -0.2) is 22.7 Å². The molecule has 25 heavy (non-hydrogen) atoms. The van der Waals surface area contributed by atoms with Gasteiger partial charge in [-0.05, 0) is 48.7 Å². The predicted octanol–water partition coefficient (Wildman–Crippen LogP) is 4.12. The number of aromatic nitrogens is 1. The van der Waals surface area contributed by atoms with E-state index in [0.29, 0.717) is 0 Å². The highest BCUT2D eigenvalue weighted by atomic mass is 35.5. The number of hydrogen-bond donors (Lipinski definition) is 2. The minimum Gasteiger partial charge on any atom is -0.457 e. The second kappa shape index (κ2) is 10.2. The van der Waals surface area contributed by atoms with Crippen molar-refractivity contribution in [2.45, 2.75) is 18.9 Å². The fourth-order valence-electron chi connectivity index (χ4n) is 2.45. The summed E-state index contributed by atoms with van der Waals surface area (Å²) in [5.74, 6) is 1.59. The molecule has 0 unspecified atom stereocenters. The van der Waals surface area contributed by atoms with Gasteiger partial charge in [0, 0.05) is 17.6 Å². The molecule has 2 aromatic carbocycles. The summed E-state index contributed by atoms with van der Waals surface area (Å²) in [5, 5.41) is 9.95. The Hall–Kier alpha value is -1.85. The van der Waals surface area contributed by atoms with Gasteiger partial charge in [0.15, 0.2) is 0 Å². The Morgan fingerprint density at radius 3 is 2.44 bits per heavy atom. The Labute approximate surface area is 159 Å². The highest BCUT2D eigenvalue weighted by molar-refractivity contribution is 5.86. The lowest BCUT2D eigenvalue weighted by Gasteiger charge is -2.10. The molecule has 1 heterocycles. The number of para-hydroxylation sites is 1. The molecule has 3 aromatic rings. The minimum atomic E-state index is -0.158. The molecule has 0 fully saturated rings. The molecular weight excluding hydrogens is 359 g/mol. The predicted molar refractivity (Wildman–Crippen MR) is 106 cm³/mol. The van der Waals surface area contributed by atoms with Crippen molar-refractivity contribution in [1.29, 1.82) is 0 Å². The number of aliphatic hydroxyl groups is 1. The summed E-state index contributed by atoms with van der Waals surface area (Å²) in [6.07, 6.45) is 3.37. The van der Waals surface area contributed by atoms with E-state index in [-0.39, 0.29) is 37.5 Å². The first-order valence-electron chi connectivity index (χ1n) is 7.73. The van der Waals surface area contributed by atoms with Crippen LogP contribution < -0.4 is 10.5 Å². The van der Waals surface area contributed by atoms with Crippen LogP contribution in [0.25, 0.3) is 10.9 Å². The average Bonchev–Trinajstić information content (AvgIpc) is 2.61. The molecule has 0 amide bonds. The van der Waals surface area contributed by atoms with Crippen LogP contribution >= 0.6 is 24.8 Å². The van der Waals surface area contributed by atoms with Crippen LogP contribution in [0.15, 0.2) is 60.8 Å². The van der Waals surface area contributed by atoms with Crippen LogP contribution in [-0.2, 0) is 6.42 Å². The molecule has 134 valence electrons. The molecule has 0 spiro atoms. The lowest BCUT2D eigenvalue weighted by Crippen LogP contribution is -2.24. The van der Waals surface area contributed by atoms with Gasteiger partial charge in [0.1, 0.15) is 11.5 Å². The third-order valence-electron chi connectivity index (χ3n) is 3.80. The molecule has 0 aliphatic rings. The van der Waals surface area contributed by atoms with Gasteiger partial charge in [-0.3, -0.25) is 4.98 Å². The highest BCUT2D eigenvalue weighted by Gasteiger charge is 2.05. The largest absolute Gasteiger partial charge is 0.457 e. The average molecular weight is 381 g/mol. The summed E-state index contributed by atoms with van der Waals surface area (Å²) in [5.41, 5.74) is 7.82. The minimum absolute atomic E-state index is 0. The summed E-state index contributed by atoms with van der Waals surface area (Å²) < 4.78 is 5.99. The van der Waals surface area contributed by atoms with Crippen molar-refractivity contribution < 1.29 is 9.84 Å². The van der Waals surface area contributed by atoms with Gasteiger partial charge in [0.2, 0.25) is 0 Å². The molecule has 0 aliphatic carbocycles. The van der Waals surface area contributed by atoms with Gasteiger partial charge in [-0.1, -0.05) is 24.3 Å². The Morgan fingerprint density at radius 1 is 1.00 bits per heavy atom. The summed E-state index contributed by atoms with van der Waals surface area (Å²) in [6.45, 7) is 0.0241. The fourth-order valence-corrected chi connectivity index (χ4v) is 2.45. The third-order valence-corrected chi connectivity index (χ3v) is 3.80. The van der Waals surface area contributed by atoms with Crippen molar-refractivity contribution in [2.24, 2.45) is 5.73 Å². The molecule has 0 saturated carbocycles. The summed E-state index contributed by atoms with van der Waals surface area (Å²) in [6, 6.07) is 17.6. The zero-order valence-corrected chi connectivity index (χ0v) is 15.3. The maximum absolute atomic E-state index is 8.96. The van der Waals surface area contributed by atoms with E-state index < -0.39 is 0 Å². The van der Waals surface area contributed by atoms with Crippen molar-refractivity contribution >= 4 is 35.7 Å². The van der Waals surface area contributed by atoms with Crippen LogP contribution in [0.4, 0.5) is 0 Å². The van der Waals surface area contributed by atoms with Gasteiger partial charge >= 0.3 is 0 Å². The third kappa shape index (κ3) is 5.58. The molecule has 0 bridgehead atoms. The van der Waals surface area contributed by atoms with Crippen LogP contribution in [0.5, 0.6) is 11.5 Å². The first-order valence-corrected chi connectivity index (χ1v) is 7.73. The van der Waals surface area contributed by atoms with Gasteiger partial charge in [0.25, 0.3) is 0 Å². The number of rotatable bonds is 6. The Bertz CT molecular complexity index is 776. The molecule has 3 rings (SSSR count). The number of nitrogens with two attached hydrogens (primary N) is 1. The fraction of sp³-hybridized carbons (Fsp3) is 0.211. The van der Waals surface area contributed by atoms with E-state index in [4.69, 9.17) is 15.6 Å².